The summed E-state index contributed by atoms with van der Waals surface area (Å²) in [5.74, 6) is -2.33. The van der Waals surface area contributed by atoms with Crippen LogP contribution in [-0.4, -0.2) is 25.8 Å². The number of H-pyrrole nitrogens is 1. The van der Waals surface area contributed by atoms with E-state index in [0.29, 0.717) is 46.8 Å². The molecule has 0 spiro atoms. The largest absolute Gasteiger partial charge is 0.481 e. The van der Waals surface area contributed by atoms with Crippen LogP contribution < -0.4 is 0 Å². The molecule has 0 bridgehead atoms. The van der Waals surface area contributed by atoms with Crippen molar-refractivity contribution in [3.8, 4) is 11.8 Å². The predicted octanol–water partition coefficient (Wildman–Crippen LogP) is 6.25. The maximum atomic E-state index is 16.2. The molecule has 0 aliphatic heterocycles. The van der Waals surface area contributed by atoms with E-state index in [4.69, 9.17) is 0 Å². The van der Waals surface area contributed by atoms with E-state index < -0.39 is 23.1 Å². The van der Waals surface area contributed by atoms with Crippen LogP contribution in [0.1, 0.15) is 62.3 Å². The number of nitrogens with zero attached hydrogens (tertiary/aromatic N) is 3. The van der Waals surface area contributed by atoms with E-state index in [1.165, 1.54) is 6.07 Å². The Morgan fingerprint density at radius 2 is 2.09 bits per heavy atom. The van der Waals surface area contributed by atoms with Crippen molar-refractivity contribution >= 4 is 27.8 Å². The third kappa shape index (κ3) is 3.57. The van der Waals surface area contributed by atoms with Crippen molar-refractivity contribution in [2.24, 2.45) is 5.92 Å². The van der Waals surface area contributed by atoms with Crippen LogP contribution in [-0.2, 0) is 10.2 Å². The molecule has 1 saturated carbocycles. The van der Waals surface area contributed by atoms with Gasteiger partial charge in [-0.15, -0.1) is 0 Å². The Balaban J connectivity index is 1.93. The molecule has 8 heteroatoms. The van der Waals surface area contributed by atoms with Gasteiger partial charge in [-0.3, -0.25) is 9.89 Å². The van der Waals surface area contributed by atoms with E-state index in [0.717, 1.165) is 11.3 Å². The molecule has 180 valence electrons. The summed E-state index contributed by atoms with van der Waals surface area (Å²) in [7, 11) is 0. The van der Waals surface area contributed by atoms with Crippen LogP contribution in [0.3, 0.4) is 0 Å². The Hall–Kier alpha value is -3.73. The molecule has 1 fully saturated rings. The van der Waals surface area contributed by atoms with E-state index in [1.807, 2.05) is 24.5 Å². The number of halogens is 2. The lowest BCUT2D eigenvalue weighted by Crippen LogP contribution is -2.23. The summed E-state index contributed by atoms with van der Waals surface area (Å²) in [4.78, 5) is 11.8. The Morgan fingerprint density at radius 3 is 2.74 bits per heavy atom. The number of rotatable bonds is 5. The number of nitrogens with one attached hydrogen (secondary N) is 1. The van der Waals surface area contributed by atoms with Crippen molar-refractivity contribution in [2.45, 2.75) is 57.8 Å². The van der Waals surface area contributed by atoms with E-state index in [9.17, 15) is 19.6 Å². The van der Waals surface area contributed by atoms with Crippen LogP contribution in [0, 0.1) is 35.8 Å². The van der Waals surface area contributed by atoms with Crippen LogP contribution in [0.15, 0.2) is 30.5 Å². The SMILES string of the molecule is Cc1cc(-n2c(C(C)(C)CC#N)c([C@@H]3CC[C@@H](C(=O)O)C3)c3c(F)c4[nH]ncc4cc32)ccc1F. The average molecular weight is 477 g/mol. The molecule has 0 unspecified atom stereocenters. The van der Waals surface area contributed by atoms with Crippen LogP contribution in [0.25, 0.3) is 27.5 Å². The molecule has 2 aromatic carbocycles. The Labute approximate surface area is 201 Å². The summed E-state index contributed by atoms with van der Waals surface area (Å²) in [6.07, 6.45) is 3.24. The van der Waals surface area contributed by atoms with Gasteiger partial charge < -0.3 is 9.67 Å². The normalized spacial score (nSPS) is 18.4. The highest BCUT2D eigenvalue weighted by molar-refractivity contribution is 6.00. The summed E-state index contributed by atoms with van der Waals surface area (Å²) in [5.41, 5.74) is 2.80. The minimum absolute atomic E-state index is 0.173. The van der Waals surface area contributed by atoms with Crippen molar-refractivity contribution in [1.82, 2.24) is 14.8 Å². The lowest BCUT2D eigenvalue weighted by atomic mass is 9.79. The van der Waals surface area contributed by atoms with E-state index >= 15 is 4.39 Å². The molecule has 1 aliphatic carbocycles. The number of fused-ring (bicyclic) bond motifs is 2. The van der Waals surface area contributed by atoms with Gasteiger partial charge in [-0.1, -0.05) is 13.8 Å². The van der Waals surface area contributed by atoms with Crippen molar-refractivity contribution in [3.63, 3.8) is 0 Å². The number of aromatic nitrogens is 3. The number of nitriles is 1. The van der Waals surface area contributed by atoms with Crippen molar-refractivity contribution < 1.29 is 18.7 Å². The second-order valence-electron chi connectivity index (χ2n) is 10.2. The van der Waals surface area contributed by atoms with Crippen LogP contribution in [0.2, 0.25) is 0 Å². The second-order valence-corrected chi connectivity index (χ2v) is 10.2. The van der Waals surface area contributed by atoms with Gasteiger partial charge in [0.05, 0.1) is 23.7 Å². The summed E-state index contributed by atoms with van der Waals surface area (Å²) in [6, 6.07) is 8.88. The maximum Gasteiger partial charge on any atom is 0.306 e. The molecule has 0 amide bonds. The van der Waals surface area contributed by atoms with Crippen LogP contribution in [0.5, 0.6) is 0 Å². The van der Waals surface area contributed by atoms with Crippen molar-refractivity contribution in [1.29, 1.82) is 5.26 Å². The van der Waals surface area contributed by atoms with Gasteiger partial charge in [-0.25, -0.2) is 8.78 Å². The summed E-state index contributed by atoms with van der Waals surface area (Å²) >= 11 is 0. The van der Waals surface area contributed by atoms with Gasteiger partial charge in [0.1, 0.15) is 11.3 Å². The first kappa shape index (κ1) is 23.0. The standard InChI is InChI=1S/C27H26F2N4O2/c1-14-10-18(6-7-19(14)28)33-20-12-17-13-31-32-24(17)23(29)22(20)21(25(33)27(2,3)8-9-30)15-4-5-16(11-15)26(34)35/h6-7,10,12-13,15-16H,4-5,8,11H2,1-3H3,(H,31,32)(H,34,35)/t15-,16-/m1/s1. The van der Waals surface area contributed by atoms with Crippen LogP contribution in [0.4, 0.5) is 8.78 Å². The summed E-state index contributed by atoms with van der Waals surface area (Å²) in [5, 5.41) is 27.0. The lowest BCUT2D eigenvalue weighted by Gasteiger charge is -2.28. The van der Waals surface area contributed by atoms with Gasteiger partial charge in [0.2, 0.25) is 0 Å². The van der Waals surface area contributed by atoms with Crippen LogP contribution >= 0.6 is 0 Å². The molecule has 2 atom stereocenters. The average Bonchev–Trinajstić information content (AvgIpc) is 3.52. The number of aromatic amines is 1. The van der Waals surface area contributed by atoms with E-state index in [1.54, 1.807) is 25.3 Å². The monoisotopic (exact) mass is 476 g/mol. The third-order valence-corrected chi connectivity index (χ3v) is 7.40. The lowest BCUT2D eigenvalue weighted by molar-refractivity contribution is -0.141. The first-order valence-corrected chi connectivity index (χ1v) is 11.7. The van der Waals surface area contributed by atoms with E-state index in [-0.39, 0.29) is 23.7 Å². The number of carboxylic acid groups (broad SMARTS) is 1. The zero-order valence-corrected chi connectivity index (χ0v) is 19.8. The number of carboxylic acids is 1. The smallest absolute Gasteiger partial charge is 0.306 e. The fourth-order valence-corrected chi connectivity index (χ4v) is 5.68. The van der Waals surface area contributed by atoms with Gasteiger partial charge in [0.25, 0.3) is 0 Å². The van der Waals surface area contributed by atoms with E-state index in [2.05, 4.69) is 16.3 Å². The number of aliphatic carboxylic acids is 1. The predicted molar refractivity (Wildman–Crippen MR) is 129 cm³/mol. The molecule has 4 aromatic rings. The van der Waals surface area contributed by atoms with Gasteiger partial charge in [0, 0.05) is 34.0 Å². The number of hydrogen-bond donors (Lipinski definition) is 2. The second kappa shape index (κ2) is 8.19. The van der Waals surface area contributed by atoms with Gasteiger partial charge in [0.15, 0.2) is 5.82 Å². The Kier molecular flexibility index (Phi) is 5.39. The highest BCUT2D eigenvalue weighted by Gasteiger charge is 2.40. The Bertz CT molecular complexity index is 1530. The fraction of sp³-hybridized carbons (Fsp3) is 0.370. The molecule has 6 nitrogen and oxygen atoms in total. The molecule has 2 heterocycles. The first-order valence-electron chi connectivity index (χ1n) is 11.7. The molecule has 1 aliphatic rings. The first-order chi connectivity index (χ1) is 16.6. The van der Waals surface area contributed by atoms with Crippen molar-refractivity contribution in [2.75, 3.05) is 0 Å². The molecule has 35 heavy (non-hydrogen) atoms. The molecule has 5 rings (SSSR count). The molecule has 2 N–H and O–H groups in total. The minimum atomic E-state index is -0.848. The quantitative estimate of drug-likeness (QED) is 0.356. The third-order valence-electron chi connectivity index (χ3n) is 7.40. The highest BCUT2D eigenvalue weighted by atomic mass is 19.1. The maximum absolute atomic E-state index is 16.2. The van der Waals surface area contributed by atoms with Gasteiger partial charge in [-0.05, 0) is 67.5 Å². The molecule has 0 radical (unpaired) electrons. The zero-order valence-electron chi connectivity index (χ0n) is 19.8. The molecule has 2 aromatic heterocycles. The zero-order chi connectivity index (χ0) is 25.1. The fourth-order valence-electron chi connectivity index (χ4n) is 5.68. The number of aryl methyl sites for hydroxylation is 1. The van der Waals surface area contributed by atoms with Gasteiger partial charge in [-0.2, -0.15) is 10.4 Å². The van der Waals surface area contributed by atoms with Crippen molar-refractivity contribution in [3.05, 3.63) is 58.9 Å². The topological polar surface area (TPSA) is 94.7 Å². The molecular formula is C27H26F2N4O2. The number of benzene rings is 2. The Morgan fingerprint density at radius 1 is 1.31 bits per heavy atom. The summed E-state index contributed by atoms with van der Waals surface area (Å²) in [6.45, 7) is 5.56. The minimum Gasteiger partial charge on any atom is -0.481 e. The van der Waals surface area contributed by atoms with Gasteiger partial charge >= 0.3 is 5.97 Å². The molecule has 0 saturated heterocycles. The highest BCUT2D eigenvalue weighted by Crippen LogP contribution is 2.49. The summed E-state index contributed by atoms with van der Waals surface area (Å²) < 4.78 is 32.3. The number of carbonyl (C=O) groups is 1. The number of hydrogen-bond acceptors (Lipinski definition) is 3. The molecular weight excluding hydrogens is 450 g/mol.